The van der Waals surface area contributed by atoms with Crippen molar-refractivity contribution in [2.45, 2.75) is 26.8 Å². The first-order valence-corrected chi connectivity index (χ1v) is 6.24. The third-order valence-electron chi connectivity index (χ3n) is 2.61. The smallest absolute Gasteiger partial charge is 0.323 e. The van der Waals surface area contributed by atoms with Crippen molar-refractivity contribution in [3.63, 3.8) is 0 Å². The lowest BCUT2D eigenvalue weighted by Gasteiger charge is -2.25. The minimum atomic E-state index is -1.05. The van der Waals surface area contributed by atoms with Gasteiger partial charge in [-0.25, -0.2) is 4.79 Å². The molecule has 0 atom stereocenters. The zero-order valence-electron chi connectivity index (χ0n) is 11.1. The van der Waals surface area contributed by atoms with Gasteiger partial charge in [-0.15, -0.1) is 0 Å². The molecule has 2 amide bonds. The molecular formula is C13H17ClN2O3. The van der Waals surface area contributed by atoms with Crippen LogP contribution in [0, 0.1) is 6.92 Å². The molecule has 5 nitrogen and oxygen atoms in total. The molecule has 0 saturated carbocycles. The number of halogens is 1. The van der Waals surface area contributed by atoms with Crippen molar-refractivity contribution in [1.82, 2.24) is 4.90 Å². The summed E-state index contributed by atoms with van der Waals surface area (Å²) < 4.78 is 0. The summed E-state index contributed by atoms with van der Waals surface area (Å²) in [4.78, 5) is 24.0. The van der Waals surface area contributed by atoms with Gasteiger partial charge < -0.3 is 15.3 Å². The Kier molecular flexibility index (Phi) is 5.18. The van der Waals surface area contributed by atoms with Crippen molar-refractivity contribution in [3.05, 3.63) is 28.8 Å². The van der Waals surface area contributed by atoms with E-state index < -0.39 is 12.0 Å². The summed E-state index contributed by atoms with van der Waals surface area (Å²) in [5.41, 5.74) is 1.45. The SMILES string of the molecule is Cc1ccc(NC(=O)N(CC(=O)O)C(C)C)cc1Cl. The molecule has 2 N–H and O–H groups in total. The summed E-state index contributed by atoms with van der Waals surface area (Å²) in [5.74, 6) is -1.05. The number of rotatable bonds is 4. The van der Waals surface area contributed by atoms with E-state index in [1.54, 1.807) is 32.0 Å². The number of amides is 2. The normalized spacial score (nSPS) is 10.4. The number of aliphatic carboxylic acids is 1. The molecular weight excluding hydrogens is 268 g/mol. The number of nitrogens with zero attached hydrogens (tertiary/aromatic N) is 1. The van der Waals surface area contributed by atoms with Crippen molar-refractivity contribution in [1.29, 1.82) is 0 Å². The molecule has 0 bridgehead atoms. The Labute approximate surface area is 117 Å². The van der Waals surface area contributed by atoms with Crippen LogP contribution in [-0.2, 0) is 4.79 Å². The second-order valence-electron chi connectivity index (χ2n) is 4.51. The van der Waals surface area contributed by atoms with E-state index in [0.717, 1.165) is 5.56 Å². The molecule has 1 rings (SSSR count). The molecule has 0 aliphatic heterocycles. The highest BCUT2D eigenvalue weighted by Gasteiger charge is 2.19. The number of benzene rings is 1. The summed E-state index contributed by atoms with van der Waals surface area (Å²) in [6.45, 7) is 5.02. The van der Waals surface area contributed by atoms with Crippen LogP contribution in [0.25, 0.3) is 0 Å². The quantitative estimate of drug-likeness (QED) is 0.893. The number of aryl methyl sites for hydroxylation is 1. The summed E-state index contributed by atoms with van der Waals surface area (Å²) in [6, 6.07) is 4.47. The van der Waals surface area contributed by atoms with E-state index in [9.17, 15) is 9.59 Å². The molecule has 19 heavy (non-hydrogen) atoms. The van der Waals surface area contributed by atoms with Crippen LogP contribution in [0.1, 0.15) is 19.4 Å². The molecule has 0 saturated heterocycles. The Morgan fingerprint density at radius 2 is 2.05 bits per heavy atom. The van der Waals surface area contributed by atoms with Gasteiger partial charge in [0.1, 0.15) is 6.54 Å². The topological polar surface area (TPSA) is 69.6 Å². The van der Waals surface area contributed by atoms with Crippen LogP contribution < -0.4 is 5.32 Å². The van der Waals surface area contributed by atoms with Gasteiger partial charge in [0, 0.05) is 16.8 Å². The molecule has 0 spiro atoms. The summed E-state index contributed by atoms with van der Waals surface area (Å²) >= 11 is 5.96. The van der Waals surface area contributed by atoms with Crippen molar-refractivity contribution in [2.24, 2.45) is 0 Å². The molecule has 6 heteroatoms. The zero-order chi connectivity index (χ0) is 14.6. The molecule has 0 aliphatic rings. The van der Waals surface area contributed by atoms with Gasteiger partial charge in [-0.1, -0.05) is 17.7 Å². The highest BCUT2D eigenvalue weighted by molar-refractivity contribution is 6.31. The van der Waals surface area contributed by atoms with Gasteiger partial charge in [-0.05, 0) is 38.5 Å². The number of hydrogen-bond donors (Lipinski definition) is 2. The monoisotopic (exact) mass is 284 g/mol. The van der Waals surface area contributed by atoms with Gasteiger partial charge in [0.05, 0.1) is 0 Å². The third-order valence-corrected chi connectivity index (χ3v) is 3.02. The van der Waals surface area contributed by atoms with Gasteiger partial charge in [-0.3, -0.25) is 4.79 Å². The number of carboxylic acids is 1. The van der Waals surface area contributed by atoms with Gasteiger partial charge in [0.2, 0.25) is 0 Å². The van der Waals surface area contributed by atoms with Crippen LogP contribution in [-0.4, -0.2) is 34.6 Å². The lowest BCUT2D eigenvalue weighted by molar-refractivity contribution is -0.137. The second kappa shape index (κ2) is 6.43. The van der Waals surface area contributed by atoms with Crippen LogP contribution >= 0.6 is 11.6 Å². The minimum absolute atomic E-state index is 0.211. The Hall–Kier alpha value is -1.75. The first-order valence-electron chi connectivity index (χ1n) is 5.87. The number of anilines is 1. The summed E-state index contributed by atoms with van der Waals surface area (Å²) in [5, 5.41) is 12.0. The maximum Gasteiger partial charge on any atom is 0.323 e. The molecule has 0 heterocycles. The lowest BCUT2D eigenvalue weighted by Crippen LogP contribution is -2.43. The van der Waals surface area contributed by atoms with Crippen LogP contribution in [0.5, 0.6) is 0 Å². The standard InChI is InChI=1S/C13H17ClN2O3/c1-8(2)16(7-12(17)18)13(19)15-10-5-4-9(3)11(14)6-10/h4-6,8H,7H2,1-3H3,(H,15,19)(H,17,18). The van der Waals surface area contributed by atoms with Gasteiger partial charge in [-0.2, -0.15) is 0 Å². The zero-order valence-corrected chi connectivity index (χ0v) is 11.9. The van der Waals surface area contributed by atoms with Crippen LogP contribution in [0.3, 0.4) is 0 Å². The second-order valence-corrected chi connectivity index (χ2v) is 4.92. The minimum Gasteiger partial charge on any atom is -0.480 e. The molecule has 0 fully saturated rings. The lowest BCUT2D eigenvalue weighted by atomic mass is 10.2. The molecule has 1 aromatic rings. The molecule has 0 radical (unpaired) electrons. The van der Waals surface area contributed by atoms with Gasteiger partial charge in [0.25, 0.3) is 0 Å². The number of urea groups is 1. The van der Waals surface area contributed by atoms with E-state index in [1.807, 2.05) is 6.92 Å². The molecule has 0 aliphatic carbocycles. The van der Waals surface area contributed by atoms with Gasteiger partial charge >= 0.3 is 12.0 Å². The van der Waals surface area contributed by atoms with E-state index in [4.69, 9.17) is 16.7 Å². The van der Waals surface area contributed by atoms with Crippen LogP contribution in [0.15, 0.2) is 18.2 Å². The largest absolute Gasteiger partial charge is 0.480 e. The molecule has 0 aromatic heterocycles. The average Bonchev–Trinajstić information content (AvgIpc) is 2.30. The van der Waals surface area contributed by atoms with E-state index in [-0.39, 0.29) is 12.6 Å². The van der Waals surface area contributed by atoms with E-state index in [0.29, 0.717) is 10.7 Å². The summed E-state index contributed by atoms with van der Waals surface area (Å²) in [6.07, 6.45) is 0. The number of carbonyl (C=O) groups is 2. The Bertz CT molecular complexity index is 489. The Morgan fingerprint density at radius 3 is 2.53 bits per heavy atom. The average molecular weight is 285 g/mol. The number of nitrogens with one attached hydrogen (secondary N) is 1. The van der Waals surface area contributed by atoms with Crippen molar-refractivity contribution >= 4 is 29.3 Å². The Balaban J connectivity index is 2.81. The number of hydrogen-bond acceptors (Lipinski definition) is 2. The predicted octanol–water partition coefficient (Wildman–Crippen LogP) is 2.98. The summed E-state index contributed by atoms with van der Waals surface area (Å²) in [7, 11) is 0. The van der Waals surface area contributed by atoms with E-state index >= 15 is 0 Å². The van der Waals surface area contributed by atoms with E-state index in [2.05, 4.69) is 5.32 Å². The highest BCUT2D eigenvalue weighted by Crippen LogP contribution is 2.20. The predicted molar refractivity (Wildman–Crippen MR) is 74.7 cm³/mol. The fourth-order valence-corrected chi connectivity index (χ4v) is 1.68. The third kappa shape index (κ3) is 4.44. The molecule has 1 aromatic carbocycles. The highest BCUT2D eigenvalue weighted by atomic mass is 35.5. The van der Waals surface area contributed by atoms with Crippen molar-refractivity contribution < 1.29 is 14.7 Å². The first-order chi connectivity index (χ1) is 8.81. The maximum atomic E-state index is 12.0. The van der Waals surface area contributed by atoms with E-state index in [1.165, 1.54) is 4.90 Å². The number of carboxylic acid groups (broad SMARTS) is 1. The molecule has 104 valence electrons. The number of carbonyl (C=O) groups excluding carboxylic acids is 1. The Morgan fingerprint density at radius 1 is 1.42 bits per heavy atom. The first kappa shape index (κ1) is 15.3. The van der Waals surface area contributed by atoms with Crippen LogP contribution in [0.2, 0.25) is 5.02 Å². The maximum absolute atomic E-state index is 12.0. The van der Waals surface area contributed by atoms with Crippen molar-refractivity contribution in [3.8, 4) is 0 Å². The van der Waals surface area contributed by atoms with Crippen molar-refractivity contribution in [2.75, 3.05) is 11.9 Å². The van der Waals surface area contributed by atoms with Crippen LogP contribution in [0.4, 0.5) is 10.5 Å². The fourth-order valence-electron chi connectivity index (χ4n) is 1.50. The molecule has 0 unspecified atom stereocenters. The van der Waals surface area contributed by atoms with Gasteiger partial charge in [0.15, 0.2) is 0 Å². The fraction of sp³-hybridized carbons (Fsp3) is 0.385.